The minimum atomic E-state index is 0.592. The van der Waals surface area contributed by atoms with E-state index in [1.54, 1.807) is 6.08 Å². The molecule has 1 aliphatic heterocycles. The van der Waals surface area contributed by atoms with Crippen LogP contribution in [0.3, 0.4) is 0 Å². The second-order valence-electron chi connectivity index (χ2n) is 10.8. The molecule has 0 N–H and O–H groups in total. The number of hydrogen-bond acceptors (Lipinski definition) is 4. The molecular weight excluding hydrogens is 497 g/mol. The van der Waals surface area contributed by atoms with E-state index in [1.165, 1.54) is 37.9 Å². The van der Waals surface area contributed by atoms with Gasteiger partial charge in [0.15, 0.2) is 0 Å². The molecule has 2 unspecified atom stereocenters. The molecule has 1 aromatic carbocycles. The molecule has 0 aliphatic carbocycles. The standard InChI is InChI=1S/C23H35FN2O.C7H15N.C3H8.C2H6/c1-5-8-14-26(16-15-25(7-3)13-9-12-24)23-18-21(19-27)10-11-22(23)17-20(4)6-2;1-7-4-3-5-8(2)6-7;1-3-2;1-2/h5,9-12,18-20H,1,6-8,13-17H2,2-4H3;7H,3-6H2,1-2H3;3H2,1-2H3;1-2H3/b12-9+;;;. The van der Waals surface area contributed by atoms with Crippen LogP contribution in [-0.4, -0.2) is 68.9 Å². The first-order chi connectivity index (χ1) is 19.3. The molecule has 1 aliphatic rings. The van der Waals surface area contributed by atoms with E-state index in [0.717, 1.165) is 63.3 Å². The second kappa shape index (κ2) is 27.2. The van der Waals surface area contributed by atoms with Crippen molar-refractivity contribution >= 4 is 12.0 Å². The Hall–Kier alpha value is -1.98. The second-order valence-corrected chi connectivity index (χ2v) is 10.8. The number of benzene rings is 1. The zero-order valence-electron chi connectivity index (χ0n) is 27.7. The van der Waals surface area contributed by atoms with Gasteiger partial charge in [-0.2, -0.15) is 0 Å². The van der Waals surface area contributed by atoms with Crippen molar-refractivity contribution in [2.24, 2.45) is 11.8 Å². The van der Waals surface area contributed by atoms with Crippen LogP contribution in [0.5, 0.6) is 0 Å². The average molecular weight is 562 g/mol. The average Bonchev–Trinajstić information content (AvgIpc) is 2.96. The fourth-order valence-electron chi connectivity index (χ4n) is 4.49. The van der Waals surface area contributed by atoms with Crippen molar-refractivity contribution in [1.82, 2.24) is 9.80 Å². The number of piperidine rings is 1. The number of likely N-dealkylation sites (tertiary alicyclic amines) is 1. The molecule has 4 nitrogen and oxygen atoms in total. The van der Waals surface area contributed by atoms with Crippen LogP contribution < -0.4 is 4.90 Å². The van der Waals surface area contributed by atoms with Gasteiger partial charge in [0.25, 0.3) is 0 Å². The maximum absolute atomic E-state index is 12.3. The third-order valence-electron chi connectivity index (χ3n) is 6.90. The van der Waals surface area contributed by atoms with Crippen molar-refractivity contribution in [2.75, 3.05) is 57.8 Å². The minimum absolute atomic E-state index is 0.592. The lowest BCUT2D eigenvalue weighted by Gasteiger charge is -2.30. The molecule has 0 saturated carbocycles. The van der Waals surface area contributed by atoms with E-state index in [4.69, 9.17) is 0 Å². The summed E-state index contributed by atoms with van der Waals surface area (Å²) in [7, 11) is 2.20. The van der Waals surface area contributed by atoms with Crippen LogP contribution in [0.15, 0.2) is 43.3 Å². The first kappa shape index (κ1) is 40.2. The predicted octanol–water partition coefficient (Wildman–Crippen LogP) is 9.07. The van der Waals surface area contributed by atoms with Crippen LogP contribution >= 0.6 is 0 Å². The van der Waals surface area contributed by atoms with Crippen molar-refractivity contribution in [3.63, 3.8) is 0 Å². The third kappa shape index (κ3) is 19.2. The minimum Gasteiger partial charge on any atom is -0.370 e. The first-order valence-electron chi connectivity index (χ1n) is 15.9. The van der Waals surface area contributed by atoms with Crippen molar-refractivity contribution in [2.45, 2.75) is 93.9 Å². The number of rotatable bonds is 14. The van der Waals surface area contributed by atoms with Gasteiger partial charge in [-0.25, -0.2) is 4.39 Å². The molecule has 232 valence electrons. The molecule has 2 rings (SSSR count). The molecular formula is C35H64FN3O. The van der Waals surface area contributed by atoms with E-state index in [0.29, 0.717) is 24.4 Å². The van der Waals surface area contributed by atoms with Crippen LogP contribution in [0.4, 0.5) is 10.1 Å². The number of aldehydes is 1. The Balaban J connectivity index is 0. The van der Waals surface area contributed by atoms with Gasteiger partial charge < -0.3 is 9.80 Å². The predicted molar refractivity (Wildman–Crippen MR) is 178 cm³/mol. The zero-order valence-corrected chi connectivity index (χ0v) is 27.7. The van der Waals surface area contributed by atoms with Gasteiger partial charge in [-0.15, -0.1) is 6.58 Å². The smallest absolute Gasteiger partial charge is 0.150 e. The summed E-state index contributed by atoms with van der Waals surface area (Å²) in [5.74, 6) is 1.53. The number of halogens is 1. The Morgan fingerprint density at radius 1 is 1.15 bits per heavy atom. The molecule has 0 radical (unpaired) electrons. The van der Waals surface area contributed by atoms with Crippen molar-refractivity contribution < 1.29 is 9.18 Å². The molecule has 0 spiro atoms. The first-order valence-corrected chi connectivity index (χ1v) is 15.9. The van der Waals surface area contributed by atoms with Gasteiger partial charge in [-0.1, -0.05) is 86.4 Å². The van der Waals surface area contributed by atoms with Gasteiger partial charge >= 0.3 is 0 Å². The summed E-state index contributed by atoms with van der Waals surface area (Å²) in [4.78, 5) is 18.3. The van der Waals surface area contributed by atoms with Crippen LogP contribution in [0.25, 0.3) is 0 Å². The number of carbonyl (C=O) groups is 1. The summed E-state index contributed by atoms with van der Waals surface area (Å²) in [5, 5.41) is 0. The van der Waals surface area contributed by atoms with Crippen molar-refractivity contribution in [1.29, 1.82) is 0 Å². The van der Waals surface area contributed by atoms with Crippen molar-refractivity contribution in [3.8, 4) is 0 Å². The van der Waals surface area contributed by atoms with E-state index in [2.05, 4.69) is 75.9 Å². The number of hydrogen-bond donors (Lipinski definition) is 0. The molecule has 0 amide bonds. The molecule has 1 heterocycles. The van der Waals surface area contributed by atoms with E-state index in [1.807, 2.05) is 32.1 Å². The molecule has 40 heavy (non-hydrogen) atoms. The van der Waals surface area contributed by atoms with Crippen LogP contribution in [0.1, 0.15) is 103 Å². The molecule has 0 aromatic heterocycles. The molecule has 2 atom stereocenters. The lowest BCUT2D eigenvalue weighted by atomic mass is 9.96. The number of carbonyl (C=O) groups excluding carboxylic acids is 1. The monoisotopic (exact) mass is 562 g/mol. The maximum atomic E-state index is 12.3. The molecule has 1 aromatic rings. The highest BCUT2D eigenvalue weighted by Crippen LogP contribution is 2.26. The largest absolute Gasteiger partial charge is 0.370 e. The highest BCUT2D eigenvalue weighted by molar-refractivity contribution is 5.78. The zero-order chi connectivity index (χ0) is 30.8. The lowest BCUT2D eigenvalue weighted by molar-refractivity contribution is 0.112. The van der Waals surface area contributed by atoms with Gasteiger partial charge in [0.1, 0.15) is 6.29 Å². The van der Waals surface area contributed by atoms with E-state index < -0.39 is 0 Å². The topological polar surface area (TPSA) is 26.8 Å². The summed E-state index contributed by atoms with van der Waals surface area (Å²) in [6.07, 6.45) is 12.1. The Morgan fingerprint density at radius 2 is 1.82 bits per heavy atom. The molecule has 1 fully saturated rings. The fourth-order valence-corrected chi connectivity index (χ4v) is 4.49. The SMILES string of the molecule is C=CCCN(CCN(CC)C/C=C/F)c1cc(C=O)ccc1CC(C)CC.CC.CC1CCCN(C)C1.CCC. The van der Waals surface area contributed by atoms with Gasteiger partial charge in [0.2, 0.25) is 0 Å². The quantitative estimate of drug-likeness (QED) is 0.167. The van der Waals surface area contributed by atoms with E-state index in [9.17, 15) is 9.18 Å². The Morgan fingerprint density at radius 3 is 2.30 bits per heavy atom. The highest BCUT2D eigenvalue weighted by Gasteiger charge is 2.15. The lowest BCUT2D eigenvalue weighted by Crippen LogP contribution is -2.36. The fraction of sp³-hybridized carbons (Fsp3) is 0.686. The number of anilines is 1. The Labute approximate surface area is 248 Å². The normalized spacial score (nSPS) is 15.6. The van der Waals surface area contributed by atoms with Gasteiger partial charge in [-0.3, -0.25) is 9.69 Å². The van der Waals surface area contributed by atoms with E-state index >= 15 is 0 Å². The highest BCUT2D eigenvalue weighted by atomic mass is 19.1. The molecule has 0 bridgehead atoms. The molecule has 5 heteroatoms. The van der Waals surface area contributed by atoms with Gasteiger partial charge in [0.05, 0.1) is 6.33 Å². The summed E-state index contributed by atoms with van der Waals surface area (Å²) in [6, 6.07) is 6.01. The van der Waals surface area contributed by atoms with Crippen LogP contribution in [0.2, 0.25) is 0 Å². The molecule has 1 saturated heterocycles. The Bertz CT molecular complexity index is 759. The summed E-state index contributed by atoms with van der Waals surface area (Å²) < 4.78 is 12.3. The maximum Gasteiger partial charge on any atom is 0.150 e. The van der Waals surface area contributed by atoms with Gasteiger partial charge in [-0.05, 0) is 75.4 Å². The van der Waals surface area contributed by atoms with Gasteiger partial charge in [0, 0.05) is 44.0 Å². The van der Waals surface area contributed by atoms with Crippen LogP contribution in [0, 0.1) is 11.8 Å². The number of nitrogens with zero attached hydrogens (tertiary/aromatic N) is 3. The van der Waals surface area contributed by atoms with E-state index in [-0.39, 0.29) is 0 Å². The van der Waals surface area contributed by atoms with Crippen molar-refractivity contribution in [3.05, 3.63) is 54.4 Å². The summed E-state index contributed by atoms with van der Waals surface area (Å²) in [6.45, 7) is 27.6. The number of likely N-dealkylation sites (N-methyl/N-ethyl adjacent to an activating group) is 1. The third-order valence-corrected chi connectivity index (χ3v) is 6.90. The summed E-state index contributed by atoms with van der Waals surface area (Å²) in [5.41, 5.74) is 3.12. The Kier molecular flexibility index (Phi) is 27.3. The van der Waals surface area contributed by atoms with Crippen LogP contribution in [-0.2, 0) is 6.42 Å². The summed E-state index contributed by atoms with van der Waals surface area (Å²) >= 11 is 0.